The largest absolute Gasteiger partial charge is 0.301 e. The predicted octanol–water partition coefficient (Wildman–Crippen LogP) is 1.99. The van der Waals surface area contributed by atoms with Crippen molar-refractivity contribution in [2.45, 2.75) is 6.54 Å². The zero-order valence-corrected chi connectivity index (χ0v) is 14.5. The third-order valence-electron chi connectivity index (χ3n) is 3.63. The van der Waals surface area contributed by atoms with Crippen molar-refractivity contribution in [1.82, 2.24) is 14.3 Å². The van der Waals surface area contributed by atoms with E-state index in [9.17, 15) is 13.2 Å². The Morgan fingerprint density at radius 2 is 1.46 bits per heavy atom. The first kappa shape index (κ1) is 17.7. The average molecular weight is 368 g/mol. The van der Waals surface area contributed by atoms with Crippen LogP contribution < -0.4 is 5.14 Å². The number of hydrogen-bond acceptors (Lipinski definition) is 5. The maximum absolute atomic E-state index is 12.6. The molecule has 3 rings (SSSR count). The van der Waals surface area contributed by atoms with Gasteiger partial charge in [-0.3, -0.25) is 4.79 Å². The van der Waals surface area contributed by atoms with E-state index in [1.807, 2.05) is 30.3 Å². The average Bonchev–Trinajstić information content (AvgIpc) is 2.66. The van der Waals surface area contributed by atoms with Crippen molar-refractivity contribution >= 4 is 16.1 Å². The second-order valence-corrected chi connectivity index (χ2v) is 6.97. The van der Waals surface area contributed by atoms with Gasteiger partial charge in [0.2, 0.25) is 0 Å². The summed E-state index contributed by atoms with van der Waals surface area (Å²) in [4.78, 5) is 20.9. The standard InChI is InChI=1S/C18H16N4O3S/c19-26(24,25)22(13-14-7-3-1-4-8-14)18(23)16-11-20-17(21-12-16)15-9-5-2-6-10-15/h1-12H,13H2,(H2,19,24,25). The summed E-state index contributed by atoms with van der Waals surface area (Å²) < 4.78 is 24.4. The van der Waals surface area contributed by atoms with Crippen molar-refractivity contribution in [1.29, 1.82) is 0 Å². The molecule has 3 aromatic rings. The van der Waals surface area contributed by atoms with Crippen molar-refractivity contribution in [2.75, 3.05) is 0 Å². The molecule has 0 aliphatic carbocycles. The molecule has 0 aliphatic heterocycles. The second kappa shape index (κ2) is 7.42. The number of carbonyl (C=O) groups is 1. The van der Waals surface area contributed by atoms with E-state index in [-0.39, 0.29) is 12.1 Å². The molecule has 1 aromatic heterocycles. The van der Waals surface area contributed by atoms with Crippen LogP contribution in [0.4, 0.5) is 0 Å². The van der Waals surface area contributed by atoms with E-state index in [1.54, 1.807) is 30.3 Å². The van der Waals surface area contributed by atoms with E-state index in [2.05, 4.69) is 9.97 Å². The Morgan fingerprint density at radius 1 is 0.923 bits per heavy atom. The lowest BCUT2D eigenvalue weighted by Gasteiger charge is -2.19. The fraction of sp³-hybridized carbons (Fsp3) is 0.0556. The summed E-state index contributed by atoms with van der Waals surface area (Å²) in [5.74, 6) is -0.344. The lowest BCUT2D eigenvalue weighted by atomic mass is 10.2. The van der Waals surface area contributed by atoms with Gasteiger partial charge in [0.05, 0.1) is 12.1 Å². The molecule has 0 fully saturated rings. The van der Waals surface area contributed by atoms with Gasteiger partial charge in [0.1, 0.15) is 0 Å². The fourth-order valence-corrected chi connectivity index (χ4v) is 3.01. The zero-order valence-electron chi connectivity index (χ0n) is 13.7. The molecule has 0 aliphatic rings. The highest BCUT2D eigenvalue weighted by atomic mass is 32.2. The van der Waals surface area contributed by atoms with Crippen LogP contribution in [0.25, 0.3) is 11.4 Å². The molecule has 8 heteroatoms. The van der Waals surface area contributed by atoms with Crippen LogP contribution in [0.3, 0.4) is 0 Å². The Balaban J connectivity index is 1.87. The van der Waals surface area contributed by atoms with Gasteiger partial charge in [-0.1, -0.05) is 60.7 Å². The molecule has 132 valence electrons. The Labute approximate surface area is 151 Å². The van der Waals surface area contributed by atoms with E-state index in [0.29, 0.717) is 15.7 Å². The number of nitrogens with zero attached hydrogens (tertiary/aromatic N) is 3. The SMILES string of the molecule is NS(=O)(=O)N(Cc1ccccc1)C(=O)c1cnc(-c2ccccc2)nc1. The predicted molar refractivity (Wildman–Crippen MR) is 96.9 cm³/mol. The minimum absolute atomic E-state index is 0.0367. The van der Waals surface area contributed by atoms with E-state index in [1.165, 1.54) is 12.4 Å². The topological polar surface area (TPSA) is 106 Å². The Kier molecular flexibility index (Phi) is 5.06. The maximum atomic E-state index is 12.6. The highest BCUT2D eigenvalue weighted by Gasteiger charge is 2.26. The molecule has 0 bridgehead atoms. The number of nitrogens with two attached hydrogens (primary N) is 1. The lowest BCUT2D eigenvalue weighted by molar-refractivity contribution is 0.0854. The van der Waals surface area contributed by atoms with Gasteiger partial charge in [0.25, 0.3) is 5.91 Å². The van der Waals surface area contributed by atoms with Crippen LogP contribution in [0.2, 0.25) is 0 Å². The van der Waals surface area contributed by atoms with Gasteiger partial charge in [0.15, 0.2) is 5.82 Å². The molecule has 0 unspecified atom stereocenters. The summed E-state index contributed by atoms with van der Waals surface area (Å²) in [6, 6.07) is 17.9. The molecule has 0 spiro atoms. The molecular formula is C18H16N4O3S. The smallest absolute Gasteiger partial charge is 0.268 e. The summed E-state index contributed by atoms with van der Waals surface area (Å²) in [7, 11) is -4.24. The first-order valence-corrected chi connectivity index (χ1v) is 9.21. The molecular weight excluding hydrogens is 352 g/mol. The van der Waals surface area contributed by atoms with Crippen LogP contribution in [0.15, 0.2) is 73.1 Å². The summed E-state index contributed by atoms with van der Waals surface area (Å²) in [6.45, 7) is -0.168. The van der Waals surface area contributed by atoms with E-state index >= 15 is 0 Å². The monoisotopic (exact) mass is 368 g/mol. The van der Waals surface area contributed by atoms with Crippen LogP contribution in [-0.4, -0.2) is 28.6 Å². The molecule has 26 heavy (non-hydrogen) atoms. The summed E-state index contributed by atoms with van der Waals surface area (Å²) in [6.07, 6.45) is 2.58. The minimum atomic E-state index is -4.24. The van der Waals surface area contributed by atoms with Crippen molar-refractivity contribution < 1.29 is 13.2 Å². The summed E-state index contributed by atoms with van der Waals surface area (Å²) in [5.41, 5.74) is 1.46. The molecule has 2 aromatic carbocycles. The van der Waals surface area contributed by atoms with Crippen LogP contribution in [0.5, 0.6) is 0 Å². The van der Waals surface area contributed by atoms with Crippen LogP contribution in [0.1, 0.15) is 15.9 Å². The van der Waals surface area contributed by atoms with Crippen LogP contribution in [-0.2, 0) is 16.8 Å². The molecule has 0 saturated heterocycles. The van der Waals surface area contributed by atoms with Gasteiger partial charge in [-0.25, -0.2) is 19.4 Å². The number of hydrogen-bond donors (Lipinski definition) is 1. The molecule has 0 atom stereocenters. The summed E-state index contributed by atoms with van der Waals surface area (Å²) in [5, 5.41) is 5.22. The number of rotatable bonds is 5. The Bertz CT molecular complexity index is 992. The first-order chi connectivity index (χ1) is 12.4. The quantitative estimate of drug-likeness (QED) is 0.741. The van der Waals surface area contributed by atoms with E-state index in [0.717, 1.165) is 5.56 Å². The van der Waals surface area contributed by atoms with Crippen molar-refractivity contribution in [3.8, 4) is 11.4 Å². The minimum Gasteiger partial charge on any atom is -0.268 e. The normalized spacial score (nSPS) is 11.1. The third kappa shape index (κ3) is 4.11. The second-order valence-electron chi connectivity index (χ2n) is 5.50. The Morgan fingerprint density at radius 3 is 2.00 bits per heavy atom. The van der Waals surface area contributed by atoms with E-state index < -0.39 is 16.1 Å². The first-order valence-electron chi connectivity index (χ1n) is 7.71. The van der Waals surface area contributed by atoms with Crippen LogP contribution >= 0.6 is 0 Å². The van der Waals surface area contributed by atoms with Gasteiger partial charge in [-0.05, 0) is 5.56 Å². The van der Waals surface area contributed by atoms with Gasteiger partial charge >= 0.3 is 10.2 Å². The highest BCUT2D eigenvalue weighted by Crippen LogP contribution is 2.15. The van der Waals surface area contributed by atoms with Crippen molar-refractivity contribution in [3.63, 3.8) is 0 Å². The molecule has 2 N–H and O–H groups in total. The van der Waals surface area contributed by atoms with Gasteiger partial charge in [-0.15, -0.1) is 0 Å². The number of carbonyl (C=O) groups excluding carboxylic acids is 1. The molecule has 0 radical (unpaired) electrons. The molecule has 7 nitrogen and oxygen atoms in total. The highest BCUT2D eigenvalue weighted by molar-refractivity contribution is 7.87. The maximum Gasteiger partial charge on any atom is 0.301 e. The Hall–Kier alpha value is -3.10. The number of benzene rings is 2. The fourth-order valence-electron chi connectivity index (χ4n) is 2.35. The molecule has 0 saturated carbocycles. The molecule has 1 heterocycles. The zero-order chi connectivity index (χ0) is 18.6. The number of amides is 1. The van der Waals surface area contributed by atoms with Gasteiger partial charge < -0.3 is 0 Å². The summed E-state index contributed by atoms with van der Waals surface area (Å²) >= 11 is 0. The van der Waals surface area contributed by atoms with E-state index in [4.69, 9.17) is 5.14 Å². The van der Waals surface area contributed by atoms with Gasteiger partial charge in [0, 0.05) is 18.0 Å². The lowest BCUT2D eigenvalue weighted by Crippen LogP contribution is -2.40. The third-order valence-corrected chi connectivity index (χ3v) is 4.54. The van der Waals surface area contributed by atoms with Crippen molar-refractivity contribution in [3.05, 3.63) is 84.2 Å². The molecule has 1 amide bonds. The number of aromatic nitrogens is 2. The van der Waals surface area contributed by atoms with Crippen LogP contribution in [0, 0.1) is 0 Å². The van der Waals surface area contributed by atoms with Gasteiger partial charge in [-0.2, -0.15) is 8.42 Å². The van der Waals surface area contributed by atoms with Crippen molar-refractivity contribution in [2.24, 2.45) is 5.14 Å².